The summed E-state index contributed by atoms with van der Waals surface area (Å²) in [6.07, 6.45) is 1.97. The second-order valence-electron chi connectivity index (χ2n) is 4.69. The van der Waals surface area contributed by atoms with Crippen LogP contribution in [-0.4, -0.2) is 25.4 Å². The van der Waals surface area contributed by atoms with Gasteiger partial charge in [-0.2, -0.15) is 0 Å². The van der Waals surface area contributed by atoms with Gasteiger partial charge in [-0.1, -0.05) is 25.5 Å². The van der Waals surface area contributed by atoms with Gasteiger partial charge in [0.1, 0.15) is 5.75 Å². The van der Waals surface area contributed by atoms with Crippen molar-refractivity contribution >= 4 is 0 Å². The molecule has 0 spiro atoms. The van der Waals surface area contributed by atoms with Crippen LogP contribution in [0.5, 0.6) is 5.75 Å². The van der Waals surface area contributed by atoms with Crippen LogP contribution < -0.4 is 10.1 Å². The fraction of sp³-hybridized carbons (Fsp3) is 0.600. The highest BCUT2D eigenvalue weighted by Gasteiger charge is 2.10. The molecule has 0 aliphatic carbocycles. The third kappa shape index (κ3) is 4.67. The lowest BCUT2D eigenvalue weighted by Gasteiger charge is -2.19. The van der Waals surface area contributed by atoms with Crippen molar-refractivity contribution in [3.8, 4) is 5.75 Å². The van der Waals surface area contributed by atoms with Gasteiger partial charge in [0, 0.05) is 12.6 Å². The van der Waals surface area contributed by atoms with E-state index in [1.54, 1.807) is 7.11 Å². The van der Waals surface area contributed by atoms with Crippen molar-refractivity contribution in [2.75, 3.05) is 20.3 Å². The van der Waals surface area contributed by atoms with Crippen molar-refractivity contribution in [3.05, 3.63) is 29.8 Å². The first-order valence-electron chi connectivity index (χ1n) is 6.69. The molecule has 1 aromatic carbocycles. The molecule has 3 heteroatoms. The molecule has 0 aromatic heterocycles. The smallest absolute Gasteiger partial charge is 0.119 e. The van der Waals surface area contributed by atoms with Crippen LogP contribution >= 0.6 is 0 Å². The maximum Gasteiger partial charge on any atom is 0.119 e. The van der Waals surface area contributed by atoms with E-state index < -0.39 is 0 Å². The topological polar surface area (TPSA) is 41.5 Å². The first kappa shape index (κ1) is 15.0. The first-order chi connectivity index (χ1) is 8.71. The van der Waals surface area contributed by atoms with Crippen LogP contribution in [-0.2, 0) is 0 Å². The molecular formula is C15H25NO2. The predicted molar refractivity (Wildman–Crippen MR) is 74.9 cm³/mol. The number of nitrogens with one attached hydrogen (secondary N) is 1. The second kappa shape index (κ2) is 8.11. The molecule has 0 saturated carbocycles. The molecule has 102 valence electrons. The third-order valence-corrected chi connectivity index (χ3v) is 3.42. The molecule has 3 nitrogen and oxygen atoms in total. The zero-order chi connectivity index (χ0) is 13.4. The Bertz CT molecular complexity index is 341. The van der Waals surface area contributed by atoms with Crippen molar-refractivity contribution in [1.82, 2.24) is 5.32 Å². The molecule has 0 amide bonds. The van der Waals surface area contributed by atoms with Crippen LogP contribution in [0.4, 0.5) is 0 Å². The fourth-order valence-electron chi connectivity index (χ4n) is 2.01. The maximum absolute atomic E-state index is 8.97. The fourth-order valence-corrected chi connectivity index (χ4v) is 2.01. The number of aliphatic hydroxyl groups is 1. The van der Waals surface area contributed by atoms with E-state index >= 15 is 0 Å². The first-order valence-corrected chi connectivity index (χ1v) is 6.69. The number of benzene rings is 1. The van der Waals surface area contributed by atoms with Crippen LogP contribution in [0.25, 0.3) is 0 Å². The number of aliphatic hydroxyl groups excluding tert-OH is 1. The van der Waals surface area contributed by atoms with Gasteiger partial charge >= 0.3 is 0 Å². The number of rotatable bonds is 8. The number of methoxy groups -OCH3 is 1. The maximum atomic E-state index is 8.97. The zero-order valence-corrected chi connectivity index (χ0v) is 11.6. The van der Waals surface area contributed by atoms with E-state index in [1.807, 2.05) is 12.1 Å². The lowest BCUT2D eigenvalue weighted by atomic mass is 10.0. The molecule has 1 rings (SSSR count). The van der Waals surface area contributed by atoms with Crippen LogP contribution in [0, 0.1) is 5.92 Å². The van der Waals surface area contributed by atoms with Gasteiger partial charge in [0.2, 0.25) is 0 Å². The van der Waals surface area contributed by atoms with Gasteiger partial charge < -0.3 is 15.2 Å². The number of hydrogen-bond donors (Lipinski definition) is 2. The Morgan fingerprint density at radius 1 is 1.39 bits per heavy atom. The summed E-state index contributed by atoms with van der Waals surface area (Å²) in [4.78, 5) is 0. The molecule has 2 unspecified atom stereocenters. The van der Waals surface area contributed by atoms with Gasteiger partial charge in [-0.3, -0.25) is 0 Å². The number of ether oxygens (including phenoxy) is 1. The van der Waals surface area contributed by atoms with E-state index in [0.29, 0.717) is 12.0 Å². The van der Waals surface area contributed by atoms with Crippen molar-refractivity contribution in [3.63, 3.8) is 0 Å². The van der Waals surface area contributed by atoms with E-state index in [2.05, 4.69) is 31.3 Å². The van der Waals surface area contributed by atoms with Crippen LogP contribution in [0.3, 0.4) is 0 Å². The molecular weight excluding hydrogens is 226 g/mol. The van der Waals surface area contributed by atoms with E-state index in [1.165, 1.54) is 5.56 Å². The summed E-state index contributed by atoms with van der Waals surface area (Å²) >= 11 is 0. The number of hydrogen-bond acceptors (Lipinski definition) is 3. The Labute approximate surface area is 110 Å². The summed E-state index contributed by atoms with van der Waals surface area (Å²) in [5.41, 5.74) is 1.23. The van der Waals surface area contributed by atoms with Gasteiger partial charge in [-0.15, -0.1) is 0 Å². The zero-order valence-electron chi connectivity index (χ0n) is 11.6. The van der Waals surface area contributed by atoms with E-state index in [-0.39, 0.29) is 6.61 Å². The van der Waals surface area contributed by atoms with Crippen LogP contribution in [0.1, 0.15) is 38.3 Å². The molecule has 1 aromatic rings. The van der Waals surface area contributed by atoms with Crippen LogP contribution in [0.15, 0.2) is 24.3 Å². The average molecular weight is 251 g/mol. The minimum absolute atomic E-state index is 0.272. The van der Waals surface area contributed by atoms with Gasteiger partial charge in [0.15, 0.2) is 0 Å². The second-order valence-corrected chi connectivity index (χ2v) is 4.69. The summed E-state index contributed by atoms with van der Waals surface area (Å²) in [5.74, 6) is 1.44. The van der Waals surface area contributed by atoms with Gasteiger partial charge in [-0.25, -0.2) is 0 Å². The molecule has 0 bridgehead atoms. The molecule has 0 radical (unpaired) electrons. The monoisotopic (exact) mass is 251 g/mol. The summed E-state index contributed by atoms with van der Waals surface area (Å²) in [6.45, 7) is 5.53. The SMILES string of the molecule is CCC(CCO)CNC(C)c1cccc(OC)c1. The van der Waals surface area contributed by atoms with Crippen LogP contribution in [0.2, 0.25) is 0 Å². The highest BCUT2D eigenvalue weighted by atomic mass is 16.5. The van der Waals surface area contributed by atoms with E-state index in [0.717, 1.165) is 25.1 Å². The lowest BCUT2D eigenvalue weighted by molar-refractivity contribution is 0.249. The molecule has 0 fully saturated rings. The summed E-state index contributed by atoms with van der Waals surface area (Å²) < 4.78 is 5.23. The molecule has 0 saturated heterocycles. The van der Waals surface area contributed by atoms with Crippen molar-refractivity contribution in [2.24, 2.45) is 5.92 Å². The molecule has 0 aliphatic heterocycles. The summed E-state index contributed by atoms with van der Waals surface area (Å²) in [6, 6.07) is 8.43. The summed E-state index contributed by atoms with van der Waals surface area (Å²) in [5, 5.41) is 12.5. The Balaban J connectivity index is 2.50. The Morgan fingerprint density at radius 2 is 2.17 bits per heavy atom. The standard InChI is InChI=1S/C15H25NO2/c1-4-13(8-9-17)11-16-12(2)14-6-5-7-15(10-14)18-3/h5-7,10,12-13,16-17H,4,8-9,11H2,1-3H3. The molecule has 2 atom stereocenters. The van der Waals surface area contributed by atoms with Crippen molar-refractivity contribution < 1.29 is 9.84 Å². The molecule has 0 heterocycles. The average Bonchev–Trinajstić information content (AvgIpc) is 2.43. The molecule has 2 N–H and O–H groups in total. The normalized spacial score (nSPS) is 14.2. The van der Waals surface area contributed by atoms with Crippen molar-refractivity contribution in [1.29, 1.82) is 0 Å². The van der Waals surface area contributed by atoms with Gasteiger partial charge in [0.05, 0.1) is 7.11 Å². The predicted octanol–water partition coefficient (Wildman–Crippen LogP) is 2.75. The van der Waals surface area contributed by atoms with E-state index in [4.69, 9.17) is 9.84 Å². The molecule has 0 aliphatic rings. The van der Waals surface area contributed by atoms with Crippen molar-refractivity contribution in [2.45, 2.75) is 32.7 Å². The third-order valence-electron chi connectivity index (χ3n) is 3.42. The minimum Gasteiger partial charge on any atom is -0.497 e. The Hall–Kier alpha value is -1.06. The molecule has 18 heavy (non-hydrogen) atoms. The minimum atomic E-state index is 0.272. The summed E-state index contributed by atoms with van der Waals surface area (Å²) in [7, 11) is 1.69. The van der Waals surface area contributed by atoms with Gasteiger partial charge in [0.25, 0.3) is 0 Å². The van der Waals surface area contributed by atoms with Gasteiger partial charge in [-0.05, 0) is 43.5 Å². The highest BCUT2D eigenvalue weighted by molar-refractivity contribution is 5.30. The Kier molecular flexibility index (Phi) is 6.76. The van der Waals surface area contributed by atoms with E-state index in [9.17, 15) is 0 Å². The largest absolute Gasteiger partial charge is 0.497 e. The quantitative estimate of drug-likeness (QED) is 0.746. The highest BCUT2D eigenvalue weighted by Crippen LogP contribution is 2.19. The lowest BCUT2D eigenvalue weighted by Crippen LogP contribution is -2.26. The Morgan fingerprint density at radius 3 is 2.78 bits per heavy atom.